The molecular formula is C23H25N3O5. The molecule has 0 saturated carbocycles. The molecule has 1 heterocycles. The lowest BCUT2D eigenvalue weighted by atomic mass is 10.2. The minimum absolute atomic E-state index is 0.268. The number of amides is 1. The summed E-state index contributed by atoms with van der Waals surface area (Å²) >= 11 is 0. The van der Waals surface area contributed by atoms with Crippen LogP contribution in [-0.2, 0) is 9.53 Å². The van der Waals surface area contributed by atoms with Crippen LogP contribution in [0.1, 0.15) is 29.9 Å². The highest BCUT2D eigenvalue weighted by Gasteiger charge is 2.16. The van der Waals surface area contributed by atoms with Gasteiger partial charge in [-0.1, -0.05) is 18.2 Å². The van der Waals surface area contributed by atoms with Gasteiger partial charge in [0, 0.05) is 6.07 Å². The van der Waals surface area contributed by atoms with E-state index in [0.717, 1.165) is 11.4 Å². The summed E-state index contributed by atoms with van der Waals surface area (Å²) in [5, 5.41) is 7.13. The van der Waals surface area contributed by atoms with Crippen LogP contribution in [0.5, 0.6) is 11.5 Å². The van der Waals surface area contributed by atoms with Gasteiger partial charge in [-0.05, 0) is 51.1 Å². The lowest BCUT2D eigenvalue weighted by molar-refractivity contribution is -0.119. The summed E-state index contributed by atoms with van der Waals surface area (Å²) in [6.45, 7) is 6.00. The van der Waals surface area contributed by atoms with Crippen LogP contribution in [0.15, 0.2) is 54.6 Å². The van der Waals surface area contributed by atoms with Gasteiger partial charge in [-0.15, -0.1) is 0 Å². The molecule has 1 aromatic heterocycles. The predicted molar refractivity (Wildman–Crippen MR) is 116 cm³/mol. The Bertz CT molecular complexity index is 1050. The first-order valence-electron chi connectivity index (χ1n) is 10.0. The SMILES string of the molecule is CCOc1ccc(C(=O)OCC(=O)Nc2cc(C)nn2-c2ccccc2)cc1OCC. The third-order valence-electron chi connectivity index (χ3n) is 4.21. The number of rotatable bonds is 9. The van der Waals surface area contributed by atoms with Gasteiger partial charge in [-0.3, -0.25) is 4.79 Å². The van der Waals surface area contributed by atoms with Crippen LogP contribution in [0.3, 0.4) is 0 Å². The fourth-order valence-electron chi connectivity index (χ4n) is 2.93. The fraction of sp³-hybridized carbons (Fsp3) is 0.261. The lowest BCUT2D eigenvalue weighted by Crippen LogP contribution is -2.22. The van der Waals surface area contributed by atoms with Crippen LogP contribution in [-0.4, -0.2) is 41.5 Å². The van der Waals surface area contributed by atoms with Crippen molar-refractivity contribution in [3.8, 4) is 17.2 Å². The first-order chi connectivity index (χ1) is 15.0. The average Bonchev–Trinajstić information content (AvgIpc) is 3.14. The minimum Gasteiger partial charge on any atom is -0.490 e. The Hall–Kier alpha value is -3.81. The summed E-state index contributed by atoms with van der Waals surface area (Å²) < 4.78 is 17.8. The summed E-state index contributed by atoms with van der Waals surface area (Å²) in [7, 11) is 0. The summed E-state index contributed by atoms with van der Waals surface area (Å²) in [6, 6.07) is 15.9. The smallest absolute Gasteiger partial charge is 0.338 e. The van der Waals surface area contributed by atoms with Crippen molar-refractivity contribution in [2.45, 2.75) is 20.8 Å². The number of anilines is 1. The number of hydrogen-bond donors (Lipinski definition) is 1. The van der Waals surface area contributed by atoms with Gasteiger partial charge in [0.05, 0.1) is 30.2 Å². The topological polar surface area (TPSA) is 91.7 Å². The highest BCUT2D eigenvalue weighted by molar-refractivity contribution is 5.95. The van der Waals surface area contributed by atoms with Gasteiger partial charge < -0.3 is 19.5 Å². The largest absolute Gasteiger partial charge is 0.490 e. The Morgan fingerprint density at radius 2 is 1.68 bits per heavy atom. The number of hydrogen-bond acceptors (Lipinski definition) is 6. The van der Waals surface area contributed by atoms with Crippen molar-refractivity contribution >= 4 is 17.7 Å². The van der Waals surface area contributed by atoms with Gasteiger partial charge in [0.1, 0.15) is 5.82 Å². The zero-order valence-electron chi connectivity index (χ0n) is 17.8. The van der Waals surface area contributed by atoms with Crippen molar-refractivity contribution in [2.24, 2.45) is 0 Å². The van der Waals surface area contributed by atoms with E-state index < -0.39 is 18.5 Å². The van der Waals surface area contributed by atoms with E-state index in [2.05, 4.69) is 10.4 Å². The van der Waals surface area contributed by atoms with E-state index in [1.807, 2.05) is 51.1 Å². The van der Waals surface area contributed by atoms with Crippen molar-refractivity contribution < 1.29 is 23.8 Å². The van der Waals surface area contributed by atoms with Crippen molar-refractivity contribution in [3.63, 3.8) is 0 Å². The molecule has 8 nitrogen and oxygen atoms in total. The van der Waals surface area contributed by atoms with Gasteiger partial charge in [-0.2, -0.15) is 5.10 Å². The highest BCUT2D eigenvalue weighted by atomic mass is 16.5. The van der Waals surface area contributed by atoms with E-state index in [1.165, 1.54) is 0 Å². The third-order valence-corrected chi connectivity index (χ3v) is 4.21. The van der Waals surface area contributed by atoms with Gasteiger partial charge >= 0.3 is 5.97 Å². The molecule has 0 saturated heterocycles. The molecule has 0 fully saturated rings. The summed E-state index contributed by atoms with van der Waals surface area (Å²) in [6.07, 6.45) is 0. The summed E-state index contributed by atoms with van der Waals surface area (Å²) in [4.78, 5) is 24.8. The maximum Gasteiger partial charge on any atom is 0.338 e. The number of nitrogens with one attached hydrogen (secondary N) is 1. The molecule has 0 aliphatic rings. The normalized spacial score (nSPS) is 10.4. The number of aryl methyl sites for hydroxylation is 1. The molecule has 0 bridgehead atoms. The van der Waals surface area contributed by atoms with Crippen LogP contribution >= 0.6 is 0 Å². The zero-order chi connectivity index (χ0) is 22.2. The lowest BCUT2D eigenvalue weighted by Gasteiger charge is -2.12. The van der Waals surface area contributed by atoms with Crippen molar-refractivity contribution in [1.29, 1.82) is 0 Å². The van der Waals surface area contributed by atoms with Crippen LogP contribution in [0.25, 0.3) is 5.69 Å². The first-order valence-corrected chi connectivity index (χ1v) is 10.0. The highest BCUT2D eigenvalue weighted by Crippen LogP contribution is 2.28. The van der Waals surface area contributed by atoms with Crippen LogP contribution in [0.2, 0.25) is 0 Å². The first kappa shape index (κ1) is 21.9. The molecule has 0 aliphatic heterocycles. The van der Waals surface area contributed by atoms with Gasteiger partial charge in [0.25, 0.3) is 5.91 Å². The molecule has 3 aromatic rings. The molecule has 162 valence electrons. The van der Waals surface area contributed by atoms with Gasteiger partial charge in [0.2, 0.25) is 0 Å². The molecule has 8 heteroatoms. The van der Waals surface area contributed by atoms with Crippen LogP contribution < -0.4 is 14.8 Å². The molecule has 0 atom stereocenters. The molecule has 3 rings (SSSR count). The number of aromatic nitrogens is 2. The quantitative estimate of drug-likeness (QED) is 0.527. The maximum atomic E-state index is 12.4. The van der Waals surface area contributed by atoms with E-state index in [-0.39, 0.29) is 5.56 Å². The van der Waals surface area contributed by atoms with Gasteiger partial charge in [-0.25, -0.2) is 9.48 Å². The average molecular weight is 423 g/mol. The van der Waals surface area contributed by atoms with E-state index >= 15 is 0 Å². The molecule has 2 aromatic carbocycles. The van der Waals surface area contributed by atoms with Crippen molar-refractivity contribution in [3.05, 3.63) is 65.9 Å². The fourth-order valence-corrected chi connectivity index (χ4v) is 2.93. The second kappa shape index (κ2) is 10.3. The number of benzene rings is 2. The summed E-state index contributed by atoms with van der Waals surface area (Å²) in [5.41, 5.74) is 1.82. The monoisotopic (exact) mass is 423 g/mol. The molecule has 0 aliphatic carbocycles. The summed E-state index contributed by atoms with van der Waals surface area (Å²) in [5.74, 6) is 0.381. The standard InChI is InChI=1S/C23H25N3O5/c1-4-29-19-12-11-17(14-20(19)30-5-2)23(28)31-15-22(27)24-21-13-16(3)25-26(21)18-9-7-6-8-10-18/h6-14H,4-5,15H2,1-3H3,(H,24,27). The Labute approximate surface area is 180 Å². The molecule has 0 spiro atoms. The maximum absolute atomic E-state index is 12.4. The molecular weight excluding hydrogens is 398 g/mol. The van der Waals surface area contributed by atoms with Crippen molar-refractivity contribution in [1.82, 2.24) is 9.78 Å². The molecule has 0 radical (unpaired) electrons. The molecule has 1 amide bonds. The number of para-hydroxylation sites is 1. The number of esters is 1. The third kappa shape index (κ3) is 5.63. The van der Waals surface area contributed by atoms with Crippen molar-refractivity contribution in [2.75, 3.05) is 25.1 Å². The van der Waals surface area contributed by atoms with E-state index in [0.29, 0.717) is 30.5 Å². The van der Waals surface area contributed by atoms with E-state index in [9.17, 15) is 9.59 Å². The Morgan fingerprint density at radius 3 is 2.39 bits per heavy atom. The minimum atomic E-state index is -0.633. The Kier molecular flexibility index (Phi) is 7.26. The zero-order valence-corrected chi connectivity index (χ0v) is 17.8. The molecule has 0 unspecified atom stereocenters. The molecule has 1 N–H and O–H groups in total. The number of carbonyl (C=O) groups excluding carboxylic acids is 2. The van der Waals surface area contributed by atoms with E-state index in [4.69, 9.17) is 14.2 Å². The Morgan fingerprint density at radius 1 is 0.968 bits per heavy atom. The number of ether oxygens (including phenoxy) is 3. The molecule has 31 heavy (non-hydrogen) atoms. The number of nitrogens with zero attached hydrogens (tertiary/aromatic N) is 2. The Balaban J connectivity index is 1.64. The van der Waals surface area contributed by atoms with E-state index in [1.54, 1.807) is 28.9 Å². The van der Waals surface area contributed by atoms with Crippen LogP contribution in [0, 0.1) is 6.92 Å². The second-order valence-corrected chi connectivity index (χ2v) is 6.57. The number of carbonyl (C=O) groups is 2. The van der Waals surface area contributed by atoms with Crippen LogP contribution in [0.4, 0.5) is 5.82 Å². The van der Waals surface area contributed by atoms with Gasteiger partial charge in [0.15, 0.2) is 18.1 Å². The second-order valence-electron chi connectivity index (χ2n) is 6.57. The predicted octanol–water partition coefficient (Wildman–Crippen LogP) is 3.77.